The molecule has 0 unspecified atom stereocenters. The fourth-order valence-electron chi connectivity index (χ4n) is 7.70. The van der Waals surface area contributed by atoms with Crippen LogP contribution in [0, 0.1) is 28.6 Å². The molecule has 0 radical (unpaired) electrons. The molecule has 0 aromatic carbocycles. The Kier molecular flexibility index (Phi) is 7.31. The van der Waals surface area contributed by atoms with Crippen LogP contribution in [0.1, 0.15) is 104 Å². The molecule has 4 aliphatic carbocycles. The SMILES string of the molecule is CCCCCCCCCC(=O)N[C@@H]1C[C@@H]2[C@H](CC[C@]3(C)C(=O)CC[C@@H]23)[C@@]2(C)C=CC(=O)C=C12. The number of amides is 1. The zero-order valence-electron chi connectivity index (χ0n) is 21.0. The van der Waals surface area contributed by atoms with Gasteiger partial charge in [-0.2, -0.15) is 0 Å². The van der Waals surface area contributed by atoms with Crippen LogP contribution in [0.15, 0.2) is 23.8 Å². The summed E-state index contributed by atoms with van der Waals surface area (Å²) < 4.78 is 0. The van der Waals surface area contributed by atoms with E-state index >= 15 is 0 Å². The molecule has 0 spiro atoms. The Hall–Kier alpha value is -1.71. The third kappa shape index (κ3) is 4.64. The van der Waals surface area contributed by atoms with E-state index in [9.17, 15) is 14.4 Å². The van der Waals surface area contributed by atoms with Crippen molar-refractivity contribution in [1.29, 1.82) is 0 Å². The molecule has 0 aliphatic heterocycles. The van der Waals surface area contributed by atoms with Crippen LogP contribution in [0.4, 0.5) is 0 Å². The van der Waals surface area contributed by atoms with Gasteiger partial charge in [0.15, 0.2) is 5.78 Å². The zero-order valence-corrected chi connectivity index (χ0v) is 21.0. The maximum absolute atomic E-state index is 12.9. The number of hydrogen-bond donors (Lipinski definition) is 1. The van der Waals surface area contributed by atoms with E-state index in [1.54, 1.807) is 12.2 Å². The molecule has 0 bridgehead atoms. The zero-order chi connectivity index (χ0) is 23.6. The third-order valence-electron chi connectivity index (χ3n) is 9.66. The Morgan fingerprint density at radius 3 is 2.52 bits per heavy atom. The average Bonchev–Trinajstić information content (AvgIpc) is 3.09. The van der Waals surface area contributed by atoms with E-state index in [0.29, 0.717) is 36.4 Å². The number of allylic oxidation sites excluding steroid dienone is 3. The molecule has 0 saturated heterocycles. The molecule has 0 aromatic rings. The average molecular weight is 454 g/mol. The molecule has 4 rings (SSSR count). The number of nitrogens with one attached hydrogen (secondary N) is 1. The summed E-state index contributed by atoms with van der Waals surface area (Å²) in [5.41, 5.74) is 0.692. The van der Waals surface area contributed by atoms with E-state index < -0.39 is 0 Å². The minimum atomic E-state index is -0.207. The number of carbonyl (C=O) groups is 3. The van der Waals surface area contributed by atoms with Gasteiger partial charge in [-0.3, -0.25) is 14.4 Å². The lowest BCUT2D eigenvalue weighted by atomic mass is 9.47. The second-order valence-corrected chi connectivity index (χ2v) is 11.6. The van der Waals surface area contributed by atoms with Crippen molar-refractivity contribution in [3.05, 3.63) is 23.8 Å². The van der Waals surface area contributed by atoms with Gasteiger partial charge in [0.2, 0.25) is 5.91 Å². The number of fused-ring (bicyclic) bond motifs is 5. The standard InChI is InChI=1S/C29H43NO3/c1-4-5-6-7-8-9-10-11-27(33)30-25-19-21-22-12-13-26(32)29(22,3)17-15-23(21)28(2)16-14-20(31)18-24(25)28/h14,16,18,21-23,25H,4-13,15,17,19H2,1-3H3,(H,30,33)/t21-,22-,23-,25+,28+,29-/m0/s1. The highest BCUT2D eigenvalue weighted by Crippen LogP contribution is 2.63. The lowest BCUT2D eigenvalue weighted by molar-refractivity contribution is -0.132. The van der Waals surface area contributed by atoms with Crippen molar-refractivity contribution in [1.82, 2.24) is 5.32 Å². The van der Waals surface area contributed by atoms with E-state index in [1.807, 2.05) is 0 Å². The number of ketones is 2. The maximum atomic E-state index is 12.9. The van der Waals surface area contributed by atoms with Gasteiger partial charge in [-0.1, -0.05) is 65.4 Å². The Bertz CT molecular complexity index is 842. The molecule has 1 amide bonds. The Morgan fingerprint density at radius 1 is 1.03 bits per heavy atom. The molecule has 182 valence electrons. The van der Waals surface area contributed by atoms with Crippen molar-refractivity contribution in [2.45, 2.75) is 110 Å². The fraction of sp³-hybridized carbons (Fsp3) is 0.759. The molecule has 6 atom stereocenters. The number of carbonyl (C=O) groups excluding carboxylic acids is 3. The molecule has 33 heavy (non-hydrogen) atoms. The molecular formula is C29H43NO3. The molecule has 4 nitrogen and oxygen atoms in total. The van der Waals surface area contributed by atoms with Gasteiger partial charge in [0, 0.05) is 23.7 Å². The van der Waals surface area contributed by atoms with Gasteiger partial charge in [-0.05, 0) is 67.6 Å². The normalized spacial score (nSPS) is 37.2. The van der Waals surface area contributed by atoms with Gasteiger partial charge >= 0.3 is 0 Å². The highest BCUT2D eigenvalue weighted by molar-refractivity contribution is 6.01. The topological polar surface area (TPSA) is 63.2 Å². The predicted molar refractivity (Wildman–Crippen MR) is 132 cm³/mol. The van der Waals surface area contributed by atoms with Gasteiger partial charge < -0.3 is 5.32 Å². The highest BCUT2D eigenvalue weighted by atomic mass is 16.2. The van der Waals surface area contributed by atoms with E-state index in [1.165, 1.54) is 32.1 Å². The lowest BCUT2D eigenvalue weighted by Crippen LogP contribution is -2.56. The van der Waals surface area contributed by atoms with E-state index in [0.717, 1.165) is 44.1 Å². The summed E-state index contributed by atoms with van der Waals surface area (Å²) in [6.07, 6.45) is 19.1. The molecule has 3 fully saturated rings. The molecule has 0 heterocycles. The number of unbranched alkanes of at least 4 members (excludes halogenated alkanes) is 6. The summed E-state index contributed by atoms with van der Waals surface area (Å²) in [4.78, 5) is 38.0. The van der Waals surface area contributed by atoms with Crippen molar-refractivity contribution in [3.63, 3.8) is 0 Å². The van der Waals surface area contributed by atoms with E-state index in [-0.39, 0.29) is 28.6 Å². The largest absolute Gasteiger partial charge is 0.350 e. The van der Waals surface area contributed by atoms with Crippen LogP contribution < -0.4 is 5.32 Å². The summed E-state index contributed by atoms with van der Waals surface area (Å²) in [6.45, 7) is 6.67. The van der Waals surface area contributed by atoms with Crippen molar-refractivity contribution in [3.8, 4) is 0 Å². The molecule has 0 aromatic heterocycles. The van der Waals surface area contributed by atoms with Crippen molar-refractivity contribution in [2.75, 3.05) is 0 Å². The van der Waals surface area contributed by atoms with Crippen LogP contribution in [0.2, 0.25) is 0 Å². The minimum absolute atomic E-state index is 0.0314. The molecule has 4 aliphatic rings. The molecule has 3 saturated carbocycles. The summed E-state index contributed by atoms with van der Waals surface area (Å²) in [6, 6.07) is -0.0970. The van der Waals surface area contributed by atoms with Crippen molar-refractivity contribution >= 4 is 17.5 Å². The van der Waals surface area contributed by atoms with Crippen molar-refractivity contribution < 1.29 is 14.4 Å². The Morgan fingerprint density at radius 2 is 1.76 bits per heavy atom. The van der Waals surface area contributed by atoms with Crippen LogP contribution >= 0.6 is 0 Å². The Balaban J connectivity index is 1.44. The summed E-state index contributed by atoms with van der Waals surface area (Å²) in [7, 11) is 0. The van der Waals surface area contributed by atoms with Gasteiger partial charge in [0.1, 0.15) is 5.78 Å². The second-order valence-electron chi connectivity index (χ2n) is 11.6. The fourth-order valence-corrected chi connectivity index (χ4v) is 7.70. The predicted octanol–water partition coefficient (Wildman–Crippen LogP) is 6.10. The number of rotatable bonds is 9. The summed E-state index contributed by atoms with van der Waals surface area (Å²) in [5.74, 6) is 1.83. The summed E-state index contributed by atoms with van der Waals surface area (Å²) >= 11 is 0. The lowest BCUT2D eigenvalue weighted by Gasteiger charge is -2.57. The van der Waals surface area contributed by atoms with Crippen LogP contribution in [0.5, 0.6) is 0 Å². The van der Waals surface area contributed by atoms with Gasteiger partial charge in [0.25, 0.3) is 0 Å². The second kappa shape index (κ2) is 9.88. The Labute approximate surface area is 200 Å². The van der Waals surface area contributed by atoms with Crippen LogP contribution in [-0.4, -0.2) is 23.5 Å². The monoisotopic (exact) mass is 453 g/mol. The van der Waals surface area contributed by atoms with Crippen LogP contribution in [0.3, 0.4) is 0 Å². The molecule has 4 heteroatoms. The summed E-state index contributed by atoms with van der Waals surface area (Å²) in [5, 5.41) is 3.33. The first-order valence-corrected chi connectivity index (χ1v) is 13.6. The van der Waals surface area contributed by atoms with Gasteiger partial charge in [0.05, 0.1) is 6.04 Å². The van der Waals surface area contributed by atoms with Crippen LogP contribution in [-0.2, 0) is 14.4 Å². The smallest absolute Gasteiger partial charge is 0.220 e. The van der Waals surface area contributed by atoms with Crippen molar-refractivity contribution in [2.24, 2.45) is 28.6 Å². The number of Topliss-reactive ketones (excluding diaryl/α,β-unsaturated/α-hetero) is 1. The molecule has 1 N–H and O–H groups in total. The quantitative estimate of drug-likeness (QED) is 0.429. The minimum Gasteiger partial charge on any atom is -0.350 e. The van der Waals surface area contributed by atoms with Gasteiger partial charge in [-0.15, -0.1) is 0 Å². The first-order chi connectivity index (χ1) is 15.8. The van der Waals surface area contributed by atoms with Gasteiger partial charge in [-0.25, -0.2) is 0 Å². The third-order valence-corrected chi connectivity index (χ3v) is 9.66. The van der Waals surface area contributed by atoms with Crippen LogP contribution in [0.25, 0.3) is 0 Å². The maximum Gasteiger partial charge on any atom is 0.220 e. The first-order valence-electron chi connectivity index (χ1n) is 13.6. The van der Waals surface area contributed by atoms with E-state index in [4.69, 9.17) is 0 Å². The highest BCUT2D eigenvalue weighted by Gasteiger charge is 2.60. The van der Waals surface area contributed by atoms with E-state index in [2.05, 4.69) is 32.2 Å². The first kappa shape index (κ1) is 24.4. The number of hydrogen-bond acceptors (Lipinski definition) is 3. The molecular weight excluding hydrogens is 410 g/mol.